The van der Waals surface area contributed by atoms with Crippen molar-refractivity contribution in [1.82, 2.24) is 4.98 Å². The monoisotopic (exact) mass is 280 g/mol. The van der Waals surface area contributed by atoms with E-state index in [1.54, 1.807) is 6.07 Å². The summed E-state index contributed by atoms with van der Waals surface area (Å²) in [6.45, 7) is 8.63. The molecule has 1 heterocycles. The van der Waals surface area contributed by atoms with Gasteiger partial charge in [-0.25, -0.2) is 4.98 Å². The van der Waals surface area contributed by atoms with Gasteiger partial charge in [0.05, 0.1) is 17.1 Å². The Morgan fingerprint density at radius 3 is 2.60 bits per heavy atom. The summed E-state index contributed by atoms with van der Waals surface area (Å²) in [6.07, 6.45) is 3.09. The van der Waals surface area contributed by atoms with Crippen LogP contribution in [0, 0.1) is 10.1 Å². The minimum Gasteiger partial charge on any atom is -0.370 e. The maximum absolute atomic E-state index is 11.0. The summed E-state index contributed by atoms with van der Waals surface area (Å²) >= 11 is 0. The second-order valence-corrected chi connectivity index (χ2v) is 4.69. The first kappa shape index (κ1) is 16.2. The highest BCUT2D eigenvalue weighted by Crippen LogP contribution is 2.23. The summed E-state index contributed by atoms with van der Waals surface area (Å²) < 4.78 is 0. The third-order valence-corrected chi connectivity index (χ3v) is 3.05. The number of unbranched alkanes of at least 4 members (excludes halogenated alkanes) is 1. The predicted molar refractivity (Wildman–Crippen MR) is 82.5 cm³/mol. The highest BCUT2D eigenvalue weighted by atomic mass is 16.6. The van der Waals surface area contributed by atoms with Crippen LogP contribution in [0.3, 0.4) is 0 Å². The molecule has 0 spiro atoms. The number of aromatic nitrogens is 1. The molecule has 1 aromatic heterocycles. The van der Waals surface area contributed by atoms with Crippen LogP contribution in [0.5, 0.6) is 0 Å². The smallest absolute Gasteiger partial charge is 0.276 e. The van der Waals surface area contributed by atoms with Crippen LogP contribution < -0.4 is 10.2 Å². The number of nitrogens with zero attached hydrogens (tertiary/aromatic N) is 3. The van der Waals surface area contributed by atoms with Gasteiger partial charge in [0.1, 0.15) is 11.6 Å². The molecule has 0 aliphatic heterocycles. The summed E-state index contributed by atoms with van der Waals surface area (Å²) in [4.78, 5) is 17.2. The van der Waals surface area contributed by atoms with Crippen LogP contribution in [-0.4, -0.2) is 29.5 Å². The number of hydrogen-bond acceptors (Lipinski definition) is 5. The minimum atomic E-state index is -0.365. The van der Waals surface area contributed by atoms with Crippen molar-refractivity contribution in [1.29, 1.82) is 0 Å². The Bertz CT molecular complexity index is 437. The first-order chi connectivity index (χ1) is 9.62. The molecule has 0 aliphatic carbocycles. The van der Waals surface area contributed by atoms with Crippen LogP contribution in [0.1, 0.15) is 40.0 Å². The number of pyridine rings is 1. The van der Waals surface area contributed by atoms with E-state index in [0.717, 1.165) is 38.9 Å². The molecular formula is C14H24N4O2. The fourth-order valence-electron chi connectivity index (χ4n) is 1.90. The molecule has 0 fully saturated rings. The predicted octanol–water partition coefficient (Wildman–Crippen LogP) is 3.44. The van der Waals surface area contributed by atoms with Crippen molar-refractivity contribution in [2.24, 2.45) is 0 Å². The van der Waals surface area contributed by atoms with Gasteiger partial charge in [0.2, 0.25) is 0 Å². The third-order valence-electron chi connectivity index (χ3n) is 3.05. The maximum atomic E-state index is 11.0. The number of rotatable bonds is 9. The van der Waals surface area contributed by atoms with E-state index in [2.05, 4.69) is 22.1 Å². The molecule has 112 valence electrons. The van der Waals surface area contributed by atoms with Gasteiger partial charge >= 0.3 is 0 Å². The quantitative estimate of drug-likeness (QED) is 0.554. The molecule has 6 heteroatoms. The van der Waals surface area contributed by atoms with E-state index in [1.165, 1.54) is 6.07 Å². The van der Waals surface area contributed by atoms with E-state index < -0.39 is 0 Å². The average Bonchev–Trinajstić information content (AvgIpc) is 2.45. The van der Waals surface area contributed by atoms with Crippen molar-refractivity contribution in [3.05, 3.63) is 22.2 Å². The largest absolute Gasteiger partial charge is 0.370 e. The zero-order valence-electron chi connectivity index (χ0n) is 12.6. The van der Waals surface area contributed by atoms with Gasteiger partial charge in [0.15, 0.2) is 0 Å². The van der Waals surface area contributed by atoms with Gasteiger partial charge in [0.25, 0.3) is 5.69 Å². The molecule has 0 aromatic carbocycles. The van der Waals surface area contributed by atoms with Gasteiger partial charge in [-0.3, -0.25) is 10.1 Å². The molecule has 6 nitrogen and oxygen atoms in total. The first-order valence-electron chi connectivity index (χ1n) is 7.27. The van der Waals surface area contributed by atoms with Crippen LogP contribution in [0.25, 0.3) is 0 Å². The highest BCUT2D eigenvalue weighted by molar-refractivity contribution is 5.55. The molecule has 0 atom stereocenters. The van der Waals surface area contributed by atoms with Crippen molar-refractivity contribution in [3.63, 3.8) is 0 Å². The third kappa shape index (κ3) is 4.68. The van der Waals surface area contributed by atoms with E-state index in [1.807, 2.05) is 13.8 Å². The number of anilines is 2. The lowest BCUT2D eigenvalue weighted by Gasteiger charge is -2.22. The average molecular weight is 280 g/mol. The van der Waals surface area contributed by atoms with Crippen molar-refractivity contribution < 1.29 is 4.92 Å². The lowest BCUT2D eigenvalue weighted by atomic mass is 10.3. The zero-order chi connectivity index (χ0) is 15.0. The molecule has 1 aromatic rings. The highest BCUT2D eigenvalue weighted by Gasteiger charge is 2.14. The van der Waals surface area contributed by atoms with Crippen LogP contribution in [-0.2, 0) is 0 Å². The van der Waals surface area contributed by atoms with Gasteiger partial charge in [-0.2, -0.15) is 0 Å². The molecule has 1 rings (SSSR count). The van der Waals surface area contributed by atoms with Gasteiger partial charge in [0, 0.05) is 19.6 Å². The van der Waals surface area contributed by atoms with Crippen molar-refractivity contribution in [3.8, 4) is 0 Å². The van der Waals surface area contributed by atoms with E-state index in [9.17, 15) is 10.1 Å². The minimum absolute atomic E-state index is 0.0866. The molecular weight excluding hydrogens is 256 g/mol. The molecule has 0 saturated heterocycles. The first-order valence-corrected chi connectivity index (χ1v) is 7.27. The van der Waals surface area contributed by atoms with Crippen LogP contribution in [0.4, 0.5) is 17.3 Å². The Balaban J connectivity index is 3.02. The summed E-state index contributed by atoms with van der Waals surface area (Å²) in [5, 5.41) is 14.2. The Labute approximate surface area is 120 Å². The molecule has 0 unspecified atom stereocenters. The SMILES string of the molecule is CCCCN(CC)c1cc([N+](=O)[O-])cc(NCCC)n1. The lowest BCUT2D eigenvalue weighted by Crippen LogP contribution is -2.25. The van der Waals surface area contributed by atoms with Gasteiger partial charge in [-0.15, -0.1) is 0 Å². The molecule has 0 saturated carbocycles. The molecule has 0 bridgehead atoms. The maximum Gasteiger partial charge on any atom is 0.276 e. The number of hydrogen-bond donors (Lipinski definition) is 1. The van der Waals surface area contributed by atoms with Gasteiger partial charge in [-0.05, 0) is 19.8 Å². The molecule has 20 heavy (non-hydrogen) atoms. The Kier molecular flexibility index (Phi) is 6.76. The second-order valence-electron chi connectivity index (χ2n) is 4.69. The summed E-state index contributed by atoms with van der Waals surface area (Å²) in [5.74, 6) is 1.25. The fraction of sp³-hybridized carbons (Fsp3) is 0.643. The standard InChI is InChI=1S/C14H24N4O2/c1-4-7-9-17(6-3)14-11-12(18(19)20)10-13(16-14)15-8-5-2/h10-11H,4-9H2,1-3H3,(H,15,16). The van der Waals surface area contributed by atoms with Crippen LogP contribution in [0.15, 0.2) is 12.1 Å². The topological polar surface area (TPSA) is 71.3 Å². The molecule has 0 aliphatic rings. The number of nitrogens with one attached hydrogen (secondary N) is 1. The van der Waals surface area contributed by atoms with Gasteiger partial charge in [-0.1, -0.05) is 20.3 Å². The van der Waals surface area contributed by atoms with Crippen LogP contribution >= 0.6 is 0 Å². The fourth-order valence-corrected chi connectivity index (χ4v) is 1.90. The summed E-state index contributed by atoms with van der Waals surface area (Å²) in [7, 11) is 0. The van der Waals surface area contributed by atoms with Crippen molar-refractivity contribution in [2.45, 2.75) is 40.0 Å². The lowest BCUT2D eigenvalue weighted by molar-refractivity contribution is -0.384. The molecule has 0 radical (unpaired) electrons. The zero-order valence-corrected chi connectivity index (χ0v) is 12.6. The van der Waals surface area contributed by atoms with Crippen molar-refractivity contribution in [2.75, 3.05) is 29.9 Å². The Hall–Kier alpha value is -1.85. The van der Waals surface area contributed by atoms with E-state index in [-0.39, 0.29) is 10.6 Å². The van der Waals surface area contributed by atoms with Crippen molar-refractivity contribution >= 4 is 17.3 Å². The van der Waals surface area contributed by atoms with E-state index in [0.29, 0.717) is 11.6 Å². The molecule has 0 amide bonds. The summed E-state index contributed by atoms with van der Waals surface area (Å²) in [5.41, 5.74) is 0.0866. The van der Waals surface area contributed by atoms with Crippen LogP contribution in [0.2, 0.25) is 0 Å². The molecule has 1 N–H and O–H groups in total. The number of nitro groups is 1. The Morgan fingerprint density at radius 1 is 1.30 bits per heavy atom. The van der Waals surface area contributed by atoms with E-state index >= 15 is 0 Å². The van der Waals surface area contributed by atoms with Gasteiger partial charge < -0.3 is 10.2 Å². The Morgan fingerprint density at radius 2 is 2.05 bits per heavy atom. The van der Waals surface area contributed by atoms with E-state index in [4.69, 9.17) is 0 Å². The summed E-state index contributed by atoms with van der Waals surface area (Å²) in [6, 6.07) is 3.04. The second kappa shape index (κ2) is 8.35. The normalized spacial score (nSPS) is 10.3.